The normalized spacial score (nSPS) is 9.93. The summed E-state index contributed by atoms with van der Waals surface area (Å²) < 4.78 is 10.6. The van der Waals surface area contributed by atoms with Gasteiger partial charge in [-0.05, 0) is 19.1 Å². The summed E-state index contributed by atoms with van der Waals surface area (Å²) in [6.07, 6.45) is 0. The van der Waals surface area contributed by atoms with Gasteiger partial charge in [0.25, 0.3) is 0 Å². The van der Waals surface area contributed by atoms with E-state index in [0.717, 1.165) is 0 Å². The van der Waals surface area contributed by atoms with Crippen LogP contribution in [0.1, 0.15) is 12.5 Å². The highest BCUT2D eigenvalue weighted by Crippen LogP contribution is 2.16. The van der Waals surface area contributed by atoms with Crippen LogP contribution in [-0.4, -0.2) is 25.7 Å². The molecular weight excluding hydrogens is 192 g/mol. The van der Waals surface area contributed by atoms with Crippen LogP contribution in [0, 0.1) is 5.41 Å². The van der Waals surface area contributed by atoms with Gasteiger partial charge in [0.15, 0.2) is 0 Å². The molecule has 4 heteroatoms. The van der Waals surface area contributed by atoms with Crippen molar-refractivity contribution in [2.75, 3.05) is 19.8 Å². The predicted molar refractivity (Wildman–Crippen MR) is 59.4 cm³/mol. The van der Waals surface area contributed by atoms with Gasteiger partial charge >= 0.3 is 0 Å². The molecule has 0 heterocycles. The van der Waals surface area contributed by atoms with Gasteiger partial charge in [-0.3, -0.25) is 5.41 Å². The monoisotopic (exact) mass is 208 g/mol. The van der Waals surface area contributed by atoms with Gasteiger partial charge in [0, 0.05) is 6.61 Å². The van der Waals surface area contributed by atoms with Crippen molar-refractivity contribution < 1.29 is 9.47 Å². The van der Waals surface area contributed by atoms with Crippen LogP contribution >= 0.6 is 0 Å². The highest BCUT2D eigenvalue weighted by molar-refractivity contribution is 5.97. The van der Waals surface area contributed by atoms with Crippen molar-refractivity contribution in [3.05, 3.63) is 29.8 Å². The number of amidine groups is 1. The molecule has 4 nitrogen and oxygen atoms in total. The molecule has 1 aromatic carbocycles. The molecule has 0 aliphatic rings. The Morgan fingerprint density at radius 2 is 2.07 bits per heavy atom. The molecular formula is C11H16N2O2. The van der Waals surface area contributed by atoms with E-state index in [1.54, 1.807) is 12.1 Å². The third kappa shape index (κ3) is 3.59. The van der Waals surface area contributed by atoms with E-state index in [-0.39, 0.29) is 5.84 Å². The summed E-state index contributed by atoms with van der Waals surface area (Å²) in [5.74, 6) is 0.645. The summed E-state index contributed by atoms with van der Waals surface area (Å²) in [4.78, 5) is 0. The molecule has 1 aromatic rings. The van der Waals surface area contributed by atoms with Crippen molar-refractivity contribution in [2.45, 2.75) is 6.92 Å². The molecule has 0 aliphatic heterocycles. The van der Waals surface area contributed by atoms with Gasteiger partial charge in [0.2, 0.25) is 0 Å². The highest BCUT2D eigenvalue weighted by atomic mass is 16.5. The lowest BCUT2D eigenvalue weighted by molar-refractivity contribution is 0.110. The first-order chi connectivity index (χ1) is 7.25. The predicted octanol–water partition coefficient (Wildman–Crippen LogP) is 1.39. The number of nitrogens with two attached hydrogens (primary N) is 1. The van der Waals surface area contributed by atoms with E-state index < -0.39 is 0 Å². The average molecular weight is 208 g/mol. The molecule has 82 valence electrons. The maximum Gasteiger partial charge on any atom is 0.130 e. The van der Waals surface area contributed by atoms with Crippen molar-refractivity contribution in [1.29, 1.82) is 5.41 Å². The second kappa shape index (κ2) is 6.03. The van der Waals surface area contributed by atoms with Gasteiger partial charge in [0.1, 0.15) is 18.2 Å². The lowest BCUT2D eigenvalue weighted by Crippen LogP contribution is -2.14. The molecule has 0 unspecified atom stereocenters. The number of benzene rings is 1. The smallest absolute Gasteiger partial charge is 0.130 e. The van der Waals surface area contributed by atoms with Gasteiger partial charge in [-0.15, -0.1) is 0 Å². The largest absolute Gasteiger partial charge is 0.490 e. The zero-order valence-corrected chi connectivity index (χ0v) is 8.82. The summed E-state index contributed by atoms with van der Waals surface area (Å²) in [5.41, 5.74) is 6.04. The van der Waals surface area contributed by atoms with Gasteiger partial charge in [-0.2, -0.15) is 0 Å². The molecule has 0 fully saturated rings. The minimum atomic E-state index is 0.0157. The SMILES string of the molecule is CCOCCOc1ccccc1C(=N)N. The number of hydrogen-bond acceptors (Lipinski definition) is 3. The Morgan fingerprint density at radius 1 is 1.33 bits per heavy atom. The van der Waals surface area contributed by atoms with E-state index in [1.807, 2.05) is 19.1 Å². The van der Waals surface area contributed by atoms with Gasteiger partial charge in [0.05, 0.1) is 12.2 Å². The first-order valence-electron chi connectivity index (χ1n) is 4.89. The molecule has 0 aromatic heterocycles. The fourth-order valence-corrected chi connectivity index (χ4v) is 1.17. The van der Waals surface area contributed by atoms with Crippen LogP contribution in [-0.2, 0) is 4.74 Å². The Hall–Kier alpha value is -1.55. The van der Waals surface area contributed by atoms with E-state index >= 15 is 0 Å². The Labute approximate surface area is 89.5 Å². The molecule has 0 atom stereocenters. The second-order valence-electron chi connectivity index (χ2n) is 2.96. The van der Waals surface area contributed by atoms with Crippen LogP contribution < -0.4 is 10.5 Å². The first kappa shape index (κ1) is 11.5. The maximum absolute atomic E-state index is 7.36. The van der Waals surface area contributed by atoms with Crippen molar-refractivity contribution in [3.8, 4) is 5.75 Å². The van der Waals surface area contributed by atoms with Crippen molar-refractivity contribution in [3.63, 3.8) is 0 Å². The molecule has 0 amide bonds. The number of hydrogen-bond donors (Lipinski definition) is 2. The Balaban J connectivity index is 2.56. The zero-order chi connectivity index (χ0) is 11.1. The van der Waals surface area contributed by atoms with Crippen molar-refractivity contribution in [1.82, 2.24) is 0 Å². The minimum absolute atomic E-state index is 0.0157. The quantitative estimate of drug-likeness (QED) is 0.421. The van der Waals surface area contributed by atoms with Crippen LogP contribution in [0.4, 0.5) is 0 Å². The highest BCUT2D eigenvalue weighted by Gasteiger charge is 2.04. The van der Waals surface area contributed by atoms with E-state index in [4.69, 9.17) is 20.6 Å². The molecule has 0 saturated heterocycles. The maximum atomic E-state index is 7.36. The van der Waals surface area contributed by atoms with Gasteiger partial charge in [-0.1, -0.05) is 12.1 Å². The summed E-state index contributed by atoms with van der Waals surface area (Å²) in [7, 11) is 0. The van der Waals surface area contributed by atoms with E-state index in [1.165, 1.54) is 0 Å². The van der Waals surface area contributed by atoms with E-state index in [2.05, 4.69) is 0 Å². The molecule has 0 aliphatic carbocycles. The fourth-order valence-electron chi connectivity index (χ4n) is 1.17. The summed E-state index contributed by atoms with van der Waals surface area (Å²) in [5, 5.41) is 7.36. The van der Waals surface area contributed by atoms with Crippen molar-refractivity contribution in [2.24, 2.45) is 5.73 Å². The molecule has 0 saturated carbocycles. The van der Waals surface area contributed by atoms with Crippen molar-refractivity contribution >= 4 is 5.84 Å². The number of nitrogen functional groups attached to an aromatic ring is 1. The molecule has 0 radical (unpaired) electrons. The first-order valence-corrected chi connectivity index (χ1v) is 4.89. The third-order valence-electron chi connectivity index (χ3n) is 1.87. The van der Waals surface area contributed by atoms with E-state index in [0.29, 0.717) is 31.1 Å². The number of nitrogens with one attached hydrogen (secondary N) is 1. The van der Waals surface area contributed by atoms with Crippen LogP contribution in [0.5, 0.6) is 5.75 Å². The second-order valence-corrected chi connectivity index (χ2v) is 2.96. The topological polar surface area (TPSA) is 68.3 Å². The standard InChI is InChI=1S/C11H16N2O2/c1-2-14-7-8-15-10-6-4-3-5-9(10)11(12)13/h3-6H,2,7-8H2,1H3,(H3,12,13). The molecule has 0 bridgehead atoms. The van der Waals surface area contributed by atoms with Gasteiger partial charge < -0.3 is 15.2 Å². The summed E-state index contributed by atoms with van der Waals surface area (Å²) >= 11 is 0. The lowest BCUT2D eigenvalue weighted by Gasteiger charge is -2.09. The minimum Gasteiger partial charge on any atom is -0.490 e. The Kier molecular flexibility index (Phi) is 4.63. The molecule has 1 rings (SSSR count). The summed E-state index contributed by atoms with van der Waals surface area (Å²) in [6, 6.07) is 7.23. The Morgan fingerprint density at radius 3 is 2.73 bits per heavy atom. The third-order valence-corrected chi connectivity index (χ3v) is 1.87. The molecule has 15 heavy (non-hydrogen) atoms. The zero-order valence-electron chi connectivity index (χ0n) is 8.82. The number of rotatable bonds is 6. The molecule has 0 spiro atoms. The van der Waals surface area contributed by atoms with Crippen LogP contribution in [0.2, 0.25) is 0 Å². The number of ether oxygens (including phenoxy) is 2. The van der Waals surface area contributed by atoms with Crippen LogP contribution in [0.3, 0.4) is 0 Å². The van der Waals surface area contributed by atoms with Crippen LogP contribution in [0.25, 0.3) is 0 Å². The lowest BCUT2D eigenvalue weighted by atomic mass is 10.2. The van der Waals surface area contributed by atoms with Gasteiger partial charge in [-0.25, -0.2) is 0 Å². The fraction of sp³-hybridized carbons (Fsp3) is 0.364. The summed E-state index contributed by atoms with van der Waals surface area (Å²) in [6.45, 7) is 3.63. The van der Waals surface area contributed by atoms with E-state index in [9.17, 15) is 0 Å². The van der Waals surface area contributed by atoms with Crippen LogP contribution in [0.15, 0.2) is 24.3 Å². The number of para-hydroxylation sites is 1. The average Bonchev–Trinajstić information content (AvgIpc) is 2.25. The Bertz CT molecular complexity index is 326. The molecule has 3 N–H and O–H groups in total.